The molecule has 0 spiro atoms. The molecule has 0 aliphatic carbocycles. The van der Waals surface area contributed by atoms with Crippen molar-refractivity contribution in [3.8, 4) is 11.5 Å². The Kier molecular flexibility index (Phi) is 3.12. The van der Waals surface area contributed by atoms with Crippen molar-refractivity contribution in [3.63, 3.8) is 0 Å². The Hall–Kier alpha value is -1.66. The Morgan fingerprint density at radius 2 is 2.21 bits per heavy atom. The molecule has 0 unspecified atom stereocenters. The predicted molar refractivity (Wildman–Crippen MR) is 67.4 cm³/mol. The fourth-order valence-corrected chi connectivity index (χ4v) is 2.42. The molecule has 1 aliphatic rings. The molecule has 6 heteroatoms. The van der Waals surface area contributed by atoms with E-state index in [0.717, 1.165) is 30.0 Å². The van der Waals surface area contributed by atoms with Crippen LogP contribution in [0.25, 0.3) is 11.5 Å². The van der Waals surface area contributed by atoms with E-state index < -0.39 is 0 Å². The fourth-order valence-electron chi connectivity index (χ4n) is 2.42. The lowest BCUT2D eigenvalue weighted by molar-refractivity contribution is 0.171. The second kappa shape index (κ2) is 4.79. The van der Waals surface area contributed by atoms with Gasteiger partial charge in [0.15, 0.2) is 0 Å². The van der Waals surface area contributed by atoms with Crippen molar-refractivity contribution < 1.29 is 13.9 Å². The van der Waals surface area contributed by atoms with Crippen molar-refractivity contribution in [2.45, 2.75) is 32.9 Å². The summed E-state index contributed by atoms with van der Waals surface area (Å²) in [5.74, 6) is 2.67. The van der Waals surface area contributed by atoms with Crippen LogP contribution in [-0.2, 0) is 6.54 Å². The molecule has 2 aromatic rings. The van der Waals surface area contributed by atoms with Crippen molar-refractivity contribution >= 4 is 0 Å². The highest BCUT2D eigenvalue weighted by molar-refractivity contribution is 5.55. The van der Waals surface area contributed by atoms with Gasteiger partial charge in [-0.15, -0.1) is 10.2 Å². The Balaban J connectivity index is 1.74. The minimum atomic E-state index is -0.235. The molecule has 102 valence electrons. The normalized spacial score (nSPS) is 20.3. The van der Waals surface area contributed by atoms with E-state index in [1.54, 1.807) is 0 Å². The monoisotopic (exact) mass is 263 g/mol. The quantitative estimate of drug-likeness (QED) is 0.904. The molecular weight excluding hydrogens is 246 g/mol. The number of aryl methyl sites for hydroxylation is 2. The number of likely N-dealkylation sites (tertiary alicyclic amines) is 1. The van der Waals surface area contributed by atoms with Crippen LogP contribution in [0.4, 0.5) is 0 Å². The van der Waals surface area contributed by atoms with Crippen molar-refractivity contribution in [2.24, 2.45) is 0 Å². The van der Waals surface area contributed by atoms with E-state index in [1.165, 1.54) is 0 Å². The zero-order chi connectivity index (χ0) is 13.4. The predicted octanol–water partition coefficient (Wildman–Crippen LogP) is 1.51. The number of hydrogen-bond acceptors (Lipinski definition) is 6. The lowest BCUT2D eigenvalue weighted by Crippen LogP contribution is -2.21. The molecule has 19 heavy (non-hydrogen) atoms. The number of aromatic nitrogens is 2. The molecule has 1 fully saturated rings. The number of furan rings is 1. The third-order valence-corrected chi connectivity index (χ3v) is 3.34. The first-order valence-corrected chi connectivity index (χ1v) is 6.42. The van der Waals surface area contributed by atoms with Crippen LogP contribution in [-0.4, -0.2) is 39.4 Å². The van der Waals surface area contributed by atoms with Gasteiger partial charge in [0.25, 0.3) is 5.89 Å². The molecule has 1 aliphatic heterocycles. The standard InChI is InChI=1S/C13H17N3O3/c1-8-5-11(9(2)18-8)13-15-14-12(19-13)7-16-4-3-10(17)6-16/h5,10,17H,3-4,6-7H2,1-2H3/t10-/m0/s1. The van der Waals surface area contributed by atoms with Gasteiger partial charge in [-0.25, -0.2) is 0 Å². The largest absolute Gasteiger partial charge is 0.466 e. The fraction of sp³-hybridized carbons (Fsp3) is 0.538. The summed E-state index contributed by atoms with van der Waals surface area (Å²) < 4.78 is 11.1. The van der Waals surface area contributed by atoms with Crippen LogP contribution in [0.2, 0.25) is 0 Å². The van der Waals surface area contributed by atoms with Gasteiger partial charge in [-0.2, -0.15) is 0 Å². The Morgan fingerprint density at radius 1 is 1.37 bits per heavy atom. The zero-order valence-corrected chi connectivity index (χ0v) is 11.1. The summed E-state index contributed by atoms with van der Waals surface area (Å²) in [5.41, 5.74) is 0.845. The van der Waals surface area contributed by atoms with Gasteiger partial charge in [0.1, 0.15) is 11.5 Å². The van der Waals surface area contributed by atoms with Crippen LogP contribution in [0.1, 0.15) is 23.8 Å². The minimum absolute atomic E-state index is 0.235. The van der Waals surface area contributed by atoms with Gasteiger partial charge in [-0.1, -0.05) is 0 Å². The lowest BCUT2D eigenvalue weighted by atomic mass is 10.2. The zero-order valence-electron chi connectivity index (χ0n) is 11.1. The van der Waals surface area contributed by atoms with Crippen LogP contribution in [0.5, 0.6) is 0 Å². The molecule has 0 bridgehead atoms. The van der Waals surface area contributed by atoms with Gasteiger partial charge in [0.2, 0.25) is 5.89 Å². The molecular formula is C13H17N3O3. The van der Waals surface area contributed by atoms with Gasteiger partial charge in [-0.05, 0) is 26.3 Å². The number of nitrogens with zero attached hydrogens (tertiary/aromatic N) is 3. The van der Waals surface area contributed by atoms with E-state index in [4.69, 9.17) is 8.83 Å². The van der Waals surface area contributed by atoms with Gasteiger partial charge in [0.05, 0.1) is 18.2 Å². The summed E-state index contributed by atoms with van der Waals surface area (Å²) in [6.07, 6.45) is 0.572. The van der Waals surface area contributed by atoms with Gasteiger partial charge < -0.3 is 13.9 Å². The summed E-state index contributed by atoms with van der Waals surface area (Å²) in [4.78, 5) is 2.11. The molecule has 3 rings (SSSR count). The maximum atomic E-state index is 9.48. The Morgan fingerprint density at radius 3 is 2.84 bits per heavy atom. The molecule has 6 nitrogen and oxygen atoms in total. The van der Waals surface area contributed by atoms with E-state index in [1.807, 2.05) is 19.9 Å². The molecule has 2 aromatic heterocycles. The van der Waals surface area contributed by atoms with Crippen LogP contribution in [0.15, 0.2) is 14.9 Å². The number of aliphatic hydroxyl groups is 1. The SMILES string of the molecule is Cc1cc(-c2nnc(CN3CC[C@H](O)C3)o2)c(C)o1. The maximum Gasteiger partial charge on any atom is 0.251 e. The first-order valence-electron chi connectivity index (χ1n) is 6.42. The third kappa shape index (κ3) is 2.54. The Bertz CT molecular complexity index is 575. The summed E-state index contributed by atoms with van der Waals surface area (Å²) >= 11 is 0. The number of β-amino-alcohol motifs (C(OH)–C–C–N with tert-alkyl or cyclic N) is 1. The van der Waals surface area contributed by atoms with Crippen LogP contribution in [0.3, 0.4) is 0 Å². The van der Waals surface area contributed by atoms with E-state index in [-0.39, 0.29) is 6.10 Å². The molecule has 0 saturated carbocycles. The lowest BCUT2D eigenvalue weighted by Gasteiger charge is -2.10. The van der Waals surface area contributed by atoms with Crippen molar-refractivity contribution in [1.82, 2.24) is 15.1 Å². The second-order valence-electron chi connectivity index (χ2n) is 5.01. The van der Waals surface area contributed by atoms with Crippen LogP contribution in [0, 0.1) is 13.8 Å². The summed E-state index contributed by atoms with van der Waals surface area (Å²) in [7, 11) is 0. The average molecular weight is 263 g/mol. The van der Waals surface area contributed by atoms with Crippen LogP contribution < -0.4 is 0 Å². The Labute approximate surface area is 111 Å². The maximum absolute atomic E-state index is 9.48. The topological polar surface area (TPSA) is 75.5 Å². The van der Waals surface area contributed by atoms with Gasteiger partial charge >= 0.3 is 0 Å². The van der Waals surface area contributed by atoms with Crippen LogP contribution >= 0.6 is 0 Å². The summed E-state index contributed by atoms with van der Waals surface area (Å²) in [6, 6.07) is 1.90. The number of rotatable bonds is 3. The highest BCUT2D eigenvalue weighted by Gasteiger charge is 2.22. The smallest absolute Gasteiger partial charge is 0.251 e. The van der Waals surface area contributed by atoms with E-state index in [0.29, 0.717) is 24.9 Å². The molecule has 1 N–H and O–H groups in total. The minimum Gasteiger partial charge on any atom is -0.466 e. The van der Waals surface area contributed by atoms with Crippen molar-refractivity contribution in [1.29, 1.82) is 0 Å². The average Bonchev–Trinajstić information content (AvgIpc) is 3.02. The first kappa shape index (κ1) is 12.4. The van der Waals surface area contributed by atoms with Gasteiger partial charge in [-0.3, -0.25) is 4.90 Å². The van der Waals surface area contributed by atoms with Crippen molar-refractivity contribution in [2.75, 3.05) is 13.1 Å². The second-order valence-corrected chi connectivity index (χ2v) is 5.01. The molecule has 1 atom stereocenters. The molecule has 1 saturated heterocycles. The molecule has 0 amide bonds. The summed E-state index contributed by atoms with van der Waals surface area (Å²) in [5, 5.41) is 17.6. The summed E-state index contributed by atoms with van der Waals surface area (Å²) in [6.45, 7) is 5.88. The third-order valence-electron chi connectivity index (χ3n) is 3.34. The van der Waals surface area contributed by atoms with Gasteiger partial charge in [0, 0.05) is 13.1 Å². The highest BCUT2D eigenvalue weighted by Crippen LogP contribution is 2.25. The van der Waals surface area contributed by atoms with E-state index in [9.17, 15) is 5.11 Å². The molecule has 0 aromatic carbocycles. The first-order chi connectivity index (χ1) is 9.11. The molecule has 3 heterocycles. The molecule has 0 radical (unpaired) electrons. The van der Waals surface area contributed by atoms with Crippen molar-refractivity contribution in [3.05, 3.63) is 23.5 Å². The number of hydrogen-bond donors (Lipinski definition) is 1. The van der Waals surface area contributed by atoms with E-state index >= 15 is 0 Å². The number of aliphatic hydroxyl groups excluding tert-OH is 1. The van der Waals surface area contributed by atoms with E-state index in [2.05, 4.69) is 15.1 Å². The highest BCUT2D eigenvalue weighted by atomic mass is 16.4.